The summed E-state index contributed by atoms with van der Waals surface area (Å²) < 4.78 is 2.37. The largest absolute Gasteiger partial charge is 0.345 e. The molecule has 0 bridgehead atoms. The minimum atomic E-state index is -0.432. The highest BCUT2D eigenvalue weighted by molar-refractivity contribution is 9.10. The van der Waals surface area contributed by atoms with Crippen molar-refractivity contribution < 1.29 is 4.79 Å². The zero-order chi connectivity index (χ0) is 17.3. The zero-order valence-corrected chi connectivity index (χ0v) is 14.9. The molecular weight excluding hydrogens is 370 g/mol. The molecule has 3 aromatic rings. The van der Waals surface area contributed by atoms with Gasteiger partial charge in [0.2, 0.25) is 0 Å². The van der Waals surface area contributed by atoms with Gasteiger partial charge in [-0.15, -0.1) is 0 Å². The number of hydrogen-bond acceptors (Lipinski definition) is 3. The Morgan fingerprint density at radius 2 is 1.92 bits per heavy atom. The van der Waals surface area contributed by atoms with Gasteiger partial charge in [-0.3, -0.25) is 14.0 Å². The van der Waals surface area contributed by atoms with Crippen molar-refractivity contribution in [1.29, 1.82) is 0 Å². The Kier molecular flexibility index (Phi) is 4.49. The van der Waals surface area contributed by atoms with Gasteiger partial charge in [-0.25, -0.2) is 4.98 Å². The first-order chi connectivity index (χ1) is 11.5. The van der Waals surface area contributed by atoms with Crippen molar-refractivity contribution in [3.05, 3.63) is 80.3 Å². The van der Waals surface area contributed by atoms with E-state index >= 15 is 0 Å². The van der Waals surface area contributed by atoms with Gasteiger partial charge in [0.05, 0.1) is 6.04 Å². The number of carbonyl (C=O) groups is 1. The van der Waals surface area contributed by atoms with Crippen LogP contribution in [-0.4, -0.2) is 15.3 Å². The van der Waals surface area contributed by atoms with E-state index in [9.17, 15) is 9.59 Å². The normalized spacial score (nSPS) is 12.1. The van der Waals surface area contributed by atoms with Crippen LogP contribution in [0.3, 0.4) is 0 Å². The van der Waals surface area contributed by atoms with Crippen LogP contribution in [0.1, 0.15) is 34.5 Å². The minimum absolute atomic E-state index is 0.0297. The van der Waals surface area contributed by atoms with Gasteiger partial charge in [0, 0.05) is 16.9 Å². The molecule has 2 aromatic heterocycles. The summed E-state index contributed by atoms with van der Waals surface area (Å²) in [6.45, 7) is 3.76. The van der Waals surface area contributed by atoms with Crippen LogP contribution >= 0.6 is 15.9 Å². The highest BCUT2D eigenvalue weighted by atomic mass is 79.9. The number of nitrogens with zero attached hydrogens (tertiary/aromatic N) is 2. The molecule has 0 aliphatic carbocycles. The van der Waals surface area contributed by atoms with Gasteiger partial charge in [-0.1, -0.05) is 34.1 Å². The summed E-state index contributed by atoms with van der Waals surface area (Å²) in [4.78, 5) is 29.2. The third-order valence-electron chi connectivity index (χ3n) is 3.81. The van der Waals surface area contributed by atoms with E-state index in [1.807, 2.05) is 44.2 Å². The first-order valence-electron chi connectivity index (χ1n) is 7.50. The highest BCUT2D eigenvalue weighted by Gasteiger charge is 2.16. The van der Waals surface area contributed by atoms with Crippen molar-refractivity contribution in [3.63, 3.8) is 0 Å². The summed E-state index contributed by atoms with van der Waals surface area (Å²) in [5.74, 6) is -0.432. The Hall–Kier alpha value is -2.47. The van der Waals surface area contributed by atoms with Crippen molar-refractivity contribution in [1.82, 2.24) is 14.7 Å². The first kappa shape index (κ1) is 16.4. The van der Waals surface area contributed by atoms with E-state index in [-0.39, 0.29) is 17.2 Å². The predicted molar refractivity (Wildman–Crippen MR) is 96.2 cm³/mol. The Morgan fingerprint density at radius 1 is 1.21 bits per heavy atom. The van der Waals surface area contributed by atoms with Crippen molar-refractivity contribution in [2.24, 2.45) is 0 Å². The van der Waals surface area contributed by atoms with Gasteiger partial charge in [0.15, 0.2) is 0 Å². The molecule has 1 atom stereocenters. The van der Waals surface area contributed by atoms with Crippen LogP contribution in [0.5, 0.6) is 0 Å². The van der Waals surface area contributed by atoms with Crippen LogP contribution in [0, 0.1) is 6.92 Å². The van der Waals surface area contributed by atoms with Gasteiger partial charge < -0.3 is 5.32 Å². The van der Waals surface area contributed by atoms with Gasteiger partial charge >= 0.3 is 0 Å². The fraction of sp³-hybridized carbons (Fsp3) is 0.167. The fourth-order valence-corrected chi connectivity index (χ4v) is 2.71. The molecule has 122 valence electrons. The Labute approximate surface area is 147 Å². The number of benzene rings is 1. The van der Waals surface area contributed by atoms with E-state index in [1.54, 1.807) is 12.3 Å². The highest BCUT2D eigenvalue weighted by Crippen LogP contribution is 2.16. The number of nitrogens with one attached hydrogen (secondary N) is 1. The van der Waals surface area contributed by atoms with E-state index in [0.717, 1.165) is 15.6 Å². The van der Waals surface area contributed by atoms with Crippen LogP contribution in [0.15, 0.2) is 58.1 Å². The summed E-state index contributed by atoms with van der Waals surface area (Å²) in [6.07, 6.45) is 3.01. The minimum Gasteiger partial charge on any atom is -0.345 e. The van der Waals surface area contributed by atoms with E-state index in [1.165, 1.54) is 10.6 Å². The second-order valence-corrected chi connectivity index (χ2v) is 6.57. The van der Waals surface area contributed by atoms with Crippen molar-refractivity contribution in [2.45, 2.75) is 19.9 Å². The van der Waals surface area contributed by atoms with Crippen LogP contribution in [0.2, 0.25) is 0 Å². The molecule has 1 aromatic carbocycles. The maximum atomic E-state index is 12.5. The Balaban J connectivity index is 1.90. The van der Waals surface area contributed by atoms with Gasteiger partial charge in [0.25, 0.3) is 11.5 Å². The van der Waals surface area contributed by atoms with Crippen molar-refractivity contribution in [3.8, 4) is 0 Å². The lowest BCUT2D eigenvalue weighted by Crippen LogP contribution is -2.33. The monoisotopic (exact) mass is 385 g/mol. The lowest BCUT2D eigenvalue weighted by atomic mass is 10.1. The molecule has 1 unspecified atom stereocenters. The molecule has 0 saturated heterocycles. The lowest BCUT2D eigenvalue weighted by molar-refractivity contribution is 0.0938. The number of aromatic nitrogens is 2. The van der Waals surface area contributed by atoms with Gasteiger partial charge in [-0.05, 0) is 43.2 Å². The number of carbonyl (C=O) groups excluding carboxylic acids is 1. The van der Waals surface area contributed by atoms with E-state index in [2.05, 4.69) is 26.2 Å². The second-order valence-electron chi connectivity index (χ2n) is 5.66. The molecule has 0 saturated carbocycles. The zero-order valence-electron chi connectivity index (χ0n) is 13.3. The van der Waals surface area contributed by atoms with Crippen molar-refractivity contribution >= 4 is 27.5 Å². The molecule has 0 fully saturated rings. The van der Waals surface area contributed by atoms with Crippen LogP contribution in [-0.2, 0) is 0 Å². The number of rotatable bonds is 3. The molecule has 0 spiro atoms. The number of halogens is 1. The molecule has 1 N–H and O–H groups in total. The second kappa shape index (κ2) is 6.57. The lowest BCUT2D eigenvalue weighted by Gasteiger charge is -2.14. The fourth-order valence-electron chi connectivity index (χ4n) is 2.45. The summed E-state index contributed by atoms with van der Waals surface area (Å²) in [5, 5.41) is 2.84. The third kappa shape index (κ3) is 3.23. The predicted octanol–water partition coefficient (Wildman–Crippen LogP) is 3.26. The van der Waals surface area contributed by atoms with E-state index in [4.69, 9.17) is 0 Å². The van der Waals surface area contributed by atoms with Crippen molar-refractivity contribution in [2.75, 3.05) is 0 Å². The Bertz CT molecular complexity index is 964. The summed E-state index contributed by atoms with van der Waals surface area (Å²) in [5.41, 5.74) is 2.05. The van der Waals surface area contributed by atoms with Crippen LogP contribution < -0.4 is 10.9 Å². The smallest absolute Gasteiger partial charge is 0.270 e. The third-order valence-corrected chi connectivity index (χ3v) is 4.34. The SMILES string of the molecule is Cc1ccc2ncc(C(=O)NC(C)c3ccc(Br)cc3)c(=O)n2c1. The first-order valence-corrected chi connectivity index (χ1v) is 8.29. The van der Waals surface area contributed by atoms with Gasteiger partial charge in [-0.2, -0.15) is 0 Å². The molecule has 3 rings (SSSR count). The molecule has 6 heteroatoms. The molecule has 2 heterocycles. The number of amides is 1. The average molecular weight is 386 g/mol. The van der Waals surface area contributed by atoms with E-state index in [0.29, 0.717) is 5.65 Å². The number of aryl methyl sites for hydroxylation is 1. The molecule has 0 radical (unpaired) electrons. The molecular formula is C18H16BrN3O2. The maximum Gasteiger partial charge on any atom is 0.270 e. The van der Waals surface area contributed by atoms with E-state index < -0.39 is 5.91 Å². The number of fused-ring (bicyclic) bond motifs is 1. The quantitative estimate of drug-likeness (QED) is 0.752. The molecule has 0 aliphatic rings. The topological polar surface area (TPSA) is 63.5 Å². The maximum absolute atomic E-state index is 12.5. The standard InChI is InChI=1S/C18H16BrN3O2/c1-11-3-8-16-20-9-15(18(24)22(16)10-11)17(23)21-12(2)13-4-6-14(19)7-5-13/h3-10,12H,1-2H3,(H,21,23). The van der Waals surface area contributed by atoms with Gasteiger partial charge in [0.1, 0.15) is 11.2 Å². The summed E-state index contributed by atoms with van der Waals surface area (Å²) in [7, 11) is 0. The summed E-state index contributed by atoms with van der Waals surface area (Å²) in [6, 6.07) is 11.1. The van der Waals surface area contributed by atoms with Crippen LogP contribution in [0.4, 0.5) is 0 Å². The summed E-state index contributed by atoms with van der Waals surface area (Å²) >= 11 is 3.38. The Morgan fingerprint density at radius 3 is 2.62 bits per heavy atom. The number of hydrogen-bond donors (Lipinski definition) is 1. The number of pyridine rings is 1. The van der Waals surface area contributed by atoms with Crippen LogP contribution in [0.25, 0.3) is 5.65 Å². The molecule has 1 amide bonds. The molecule has 0 aliphatic heterocycles. The molecule has 5 nitrogen and oxygen atoms in total. The average Bonchev–Trinajstić information content (AvgIpc) is 2.56. The molecule has 24 heavy (non-hydrogen) atoms.